The lowest BCUT2D eigenvalue weighted by Crippen LogP contribution is -2.29. The first kappa shape index (κ1) is 20.2. The Morgan fingerprint density at radius 1 is 1.10 bits per heavy atom. The van der Waals surface area contributed by atoms with E-state index in [9.17, 15) is 17.2 Å². The third kappa shape index (κ3) is 3.73. The van der Waals surface area contributed by atoms with Gasteiger partial charge in [0.2, 0.25) is 10.0 Å². The Hall–Kier alpha value is -3.04. The molecule has 2 heterocycles. The maximum absolute atomic E-state index is 13.0. The summed E-state index contributed by atoms with van der Waals surface area (Å²) in [5.74, 6) is -0.275. The van der Waals surface area contributed by atoms with Crippen LogP contribution in [0.2, 0.25) is 0 Å². The molecule has 4 aromatic rings. The highest BCUT2D eigenvalue weighted by atomic mass is 32.2. The Morgan fingerprint density at radius 2 is 1.80 bits per heavy atom. The van der Waals surface area contributed by atoms with Crippen molar-refractivity contribution >= 4 is 20.9 Å². The van der Waals surface area contributed by atoms with E-state index in [0.717, 1.165) is 28.2 Å². The summed E-state index contributed by atoms with van der Waals surface area (Å²) in [5, 5.41) is 4.49. The molecule has 0 aliphatic rings. The summed E-state index contributed by atoms with van der Waals surface area (Å²) in [7, 11) is -4.03. The number of alkyl halides is 2. The molecule has 0 saturated carbocycles. The van der Waals surface area contributed by atoms with Gasteiger partial charge in [0.25, 0.3) is 0 Å². The predicted octanol–water partition coefficient (Wildman–Crippen LogP) is 4.18. The lowest BCUT2D eigenvalue weighted by atomic mass is 9.91. The van der Waals surface area contributed by atoms with Crippen molar-refractivity contribution in [1.82, 2.24) is 19.5 Å². The monoisotopic (exact) mass is 430 g/mol. The van der Waals surface area contributed by atoms with Crippen LogP contribution in [0, 0.1) is 6.92 Å². The van der Waals surface area contributed by atoms with E-state index in [1.807, 2.05) is 60.8 Å². The second kappa shape index (κ2) is 8.00. The van der Waals surface area contributed by atoms with Crippen molar-refractivity contribution in [3.63, 3.8) is 0 Å². The van der Waals surface area contributed by atoms with Gasteiger partial charge in [-0.15, -0.1) is 0 Å². The first-order valence-electron chi connectivity index (χ1n) is 9.31. The van der Waals surface area contributed by atoms with Crippen LogP contribution < -0.4 is 4.72 Å². The number of aromatic nitrogens is 3. The number of rotatable bonds is 7. The second-order valence-electron chi connectivity index (χ2n) is 6.92. The van der Waals surface area contributed by atoms with Crippen LogP contribution in [0.25, 0.3) is 10.9 Å². The first-order chi connectivity index (χ1) is 14.4. The second-order valence-corrected chi connectivity index (χ2v) is 8.66. The van der Waals surface area contributed by atoms with Crippen molar-refractivity contribution in [2.45, 2.75) is 24.3 Å². The lowest BCUT2D eigenvalue weighted by Gasteiger charge is -2.18. The van der Waals surface area contributed by atoms with Gasteiger partial charge in [0.05, 0.1) is 11.9 Å². The largest absolute Gasteiger partial charge is 0.361 e. The van der Waals surface area contributed by atoms with E-state index in [4.69, 9.17) is 0 Å². The van der Waals surface area contributed by atoms with Gasteiger partial charge in [-0.2, -0.15) is 13.9 Å². The average Bonchev–Trinajstić information content (AvgIpc) is 3.33. The summed E-state index contributed by atoms with van der Waals surface area (Å²) in [5.41, 5.74) is 2.72. The van der Waals surface area contributed by atoms with Gasteiger partial charge in [0.1, 0.15) is 4.90 Å². The number of benzene rings is 2. The quantitative estimate of drug-likeness (QED) is 0.462. The minimum absolute atomic E-state index is 0.0630. The van der Waals surface area contributed by atoms with E-state index in [-0.39, 0.29) is 23.1 Å². The number of para-hydroxylation sites is 1. The van der Waals surface area contributed by atoms with Crippen molar-refractivity contribution in [1.29, 1.82) is 0 Å². The van der Waals surface area contributed by atoms with Crippen LogP contribution in [0.3, 0.4) is 0 Å². The molecule has 6 nitrogen and oxygen atoms in total. The number of hydrogen-bond donors (Lipinski definition) is 2. The van der Waals surface area contributed by atoms with Gasteiger partial charge < -0.3 is 4.98 Å². The number of H-pyrrole nitrogens is 1. The van der Waals surface area contributed by atoms with E-state index in [1.54, 1.807) is 0 Å². The van der Waals surface area contributed by atoms with Crippen molar-refractivity contribution in [2.75, 3.05) is 6.54 Å². The summed E-state index contributed by atoms with van der Waals surface area (Å²) in [6.45, 7) is -1.53. The topological polar surface area (TPSA) is 79.8 Å². The Balaban J connectivity index is 1.68. The number of halogens is 2. The SMILES string of the molecule is Cc1c(S(=O)(=O)NC[C@@H](c2ccccc2)c2c[nH]c3ccccc23)cnn1C(F)F. The Morgan fingerprint density at radius 3 is 2.50 bits per heavy atom. The van der Waals surface area contributed by atoms with Gasteiger partial charge in [-0.3, -0.25) is 0 Å². The van der Waals surface area contributed by atoms with Crippen LogP contribution in [-0.2, 0) is 10.0 Å². The van der Waals surface area contributed by atoms with Crippen molar-refractivity contribution < 1.29 is 17.2 Å². The molecule has 2 aromatic heterocycles. The van der Waals surface area contributed by atoms with E-state index in [0.29, 0.717) is 4.68 Å². The highest BCUT2D eigenvalue weighted by Crippen LogP contribution is 2.31. The molecular weight excluding hydrogens is 410 g/mol. The van der Waals surface area contributed by atoms with Crippen LogP contribution in [-0.4, -0.2) is 29.7 Å². The predicted molar refractivity (Wildman–Crippen MR) is 110 cm³/mol. The highest BCUT2D eigenvalue weighted by Gasteiger charge is 2.26. The lowest BCUT2D eigenvalue weighted by molar-refractivity contribution is 0.0541. The molecule has 0 radical (unpaired) electrons. The standard InChI is InChI=1S/C21H20F2N4O2S/c1-14-20(13-25-27(14)21(22)23)30(28,29)26-12-17(15-7-3-2-4-8-15)18-11-24-19-10-6-5-9-16(18)19/h2-11,13,17,21,24,26H,12H2,1H3/t17-/m0/s1. The molecule has 0 amide bonds. The van der Waals surface area contributed by atoms with E-state index in [2.05, 4.69) is 14.8 Å². The number of aromatic amines is 1. The van der Waals surface area contributed by atoms with Crippen molar-refractivity contribution in [3.8, 4) is 0 Å². The maximum atomic E-state index is 13.0. The smallest absolute Gasteiger partial charge is 0.333 e. The minimum Gasteiger partial charge on any atom is -0.361 e. The first-order valence-corrected chi connectivity index (χ1v) is 10.8. The highest BCUT2D eigenvalue weighted by molar-refractivity contribution is 7.89. The molecule has 0 fully saturated rings. The molecule has 2 aromatic carbocycles. The molecule has 156 valence electrons. The molecule has 1 atom stereocenters. The van der Waals surface area contributed by atoms with E-state index >= 15 is 0 Å². The minimum atomic E-state index is -4.03. The van der Waals surface area contributed by atoms with E-state index in [1.165, 1.54) is 6.92 Å². The van der Waals surface area contributed by atoms with Crippen LogP contribution in [0.1, 0.15) is 29.3 Å². The zero-order chi connectivity index (χ0) is 21.3. The molecule has 0 bridgehead atoms. The number of hydrogen-bond acceptors (Lipinski definition) is 3. The van der Waals surface area contributed by atoms with Crippen molar-refractivity contribution in [3.05, 3.63) is 83.8 Å². The Kier molecular flexibility index (Phi) is 5.40. The molecule has 4 rings (SSSR count). The summed E-state index contributed by atoms with van der Waals surface area (Å²) < 4.78 is 54.6. The van der Waals surface area contributed by atoms with Gasteiger partial charge in [-0.1, -0.05) is 48.5 Å². The molecule has 0 unspecified atom stereocenters. The molecule has 0 saturated heterocycles. The molecule has 0 spiro atoms. The number of fused-ring (bicyclic) bond motifs is 1. The number of sulfonamides is 1. The summed E-state index contributed by atoms with van der Waals surface area (Å²) in [6, 6.07) is 17.3. The fourth-order valence-corrected chi connectivity index (χ4v) is 4.82. The third-order valence-corrected chi connectivity index (χ3v) is 6.68. The summed E-state index contributed by atoms with van der Waals surface area (Å²) in [4.78, 5) is 2.96. The van der Waals surface area contributed by atoms with Gasteiger partial charge in [-0.05, 0) is 24.1 Å². The summed E-state index contributed by atoms with van der Waals surface area (Å²) in [6.07, 6.45) is 2.82. The fourth-order valence-electron chi connectivity index (χ4n) is 3.61. The molecule has 30 heavy (non-hydrogen) atoms. The molecule has 2 N–H and O–H groups in total. The zero-order valence-corrected chi connectivity index (χ0v) is 16.9. The zero-order valence-electron chi connectivity index (χ0n) is 16.1. The van der Waals surface area contributed by atoms with Crippen LogP contribution >= 0.6 is 0 Å². The molecule has 9 heteroatoms. The van der Waals surface area contributed by atoms with Gasteiger partial charge in [0.15, 0.2) is 0 Å². The molecule has 0 aliphatic heterocycles. The van der Waals surface area contributed by atoms with Crippen LogP contribution in [0.4, 0.5) is 8.78 Å². The fraction of sp³-hybridized carbons (Fsp3) is 0.190. The third-order valence-electron chi connectivity index (χ3n) is 5.15. The van der Waals surface area contributed by atoms with Crippen LogP contribution in [0.5, 0.6) is 0 Å². The Labute approximate surface area is 172 Å². The molecule has 0 aliphatic carbocycles. The normalized spacial score (nSPS) is 13.2. The van der Waals surface area contributed by atoms with Crippen LogP contribution in [0.15, 0.2) is 71.9 Å². The van der Waals surface area contributed by atoms with E-state index < -0.39 is 16.6 Å². The van der Waals surface area contributed by atoms with Gasteiger partial charge in [-0.25, -0.2) is 17.8 Å². The molecular formula is C21H20F2N4O2S. The summed E-state index contributed by atoms with van der Waals surface area (Å²) >= 11 is 0. The average molecular weight is 430 g/mol. The Bertz CT molecular complexity index is 1270. The maximum Gasteiger partial charge on any atom is 0.333 e. The van der Waals surface area contributed by atoms with Gasteiger partial charge in [0, 0.05) is 29.6 Å². The number of nitrogens with one attached hydrogen (secondary N) is 2. The van der Waals surface area contributed by atoms with Crippen molar-refractivity contribution in [2.24, 2.45) is 0 Å². The number of nitrogens with zero attached hydrogens (tertiary/aromatic N) is 2. The van der Waals surface area contributed by atoms with Gasteiger partial charge >= 0.3 is 6.55 Å².